The second kappa shape index (κ2) is 9.40. The quantitative estimate of drug-likeness (QED) is 0.699. The zero-order valence-corrected chi connectivity index (χ0v) is 17.6. The number of para-hydroxylation sites is 1. The lowest BCUT2D eigenvalue weighted by molar-refractivity contribution is -0.119. The van der Waals surface area contributed by atoms with Gasteiger partial charge in [-0.25, -0.2) is 4.79 Å². The number of hydrogen-bond donors (Lipinski definition) is 1. The summed E-state index contributed by atoms with van der Waals surface area (Å²) < 4.78 is 5.23. The van der Waals surface area contributed by atoms with Crippen LogP contribution < -0.4 is 10.2 Å². The summed E-state index contributed by atoms with van der Waals surface area (Å²) in [6.07, 6.45) is 0. The molecule has 28 heavy (non-hydrogen) atoms. The van der Waals surface area contributed by atoms with E-state index >= 15 is 0 Å². The van der Waals surface area contributed by atoms with Crippen molar-refractivity contribution in [1.82, 2.24) is 0 Å². The second-order valence-electron chi connectivity index (χ2n) is 7.69. The molecule has 5 nitrogen and oxygen atoms in total. The van der Waals surface area contributed by atoms with E-state index in [-0.39, 0.29) is 24.3 Å². The Labute approximate surface area is 167 Å². The molecule has 0 atom stereocenters. The van der Waals surface area contributed by atoms with Gasteiger partial charge in [-0.05, 0) is 41.2 Å². The van der Waals surface area contributed by atoms with Gasteiger partial charge in [0.1, 0.15) is 0 Å². The van der Waals surface area contributed by atoms with E-state index < -0.39 is 5.97 Å². The van der Waals surface area contributed by atoms with E-state index in [2.05, 4.69) is 33.0 Å². The highest BCUT2D eigenvalue weighted by atomic mass is 16.5. The Kier molecular flexibility index (Phi) is 7.21. The van der Waals surface area contributed by atoms with E-state index in [1.54, 1.807) is 18.2 Å². The highest BCUT2D eigenvalue weighted by Gasteiger charge is 2.17. The van der Waals surface area contributed by atoms with Gasteiger partial charge < -0.3 is 15.0 Å². The Balaban J connectivity index is 2.09. The zero-order valence-electron chi connectivity index (χ0n) is 17.6. The largest absolute Gasteiger partial charge is 0.452 e. The zero-order chi connectivity index (χ0) is 20.8. The molecular formula is C23H30N2O3. The first kappa shape index (κ1) is 21.5. The third kappa shape index (κ3) is 5.35. The second-order valence-corrected chi connectivity index (χ2v) is 7.69. The SMILES string of the molecule is CC(C)c1cccc(C(C)C)c1NC(=O)COC(=O)c1cccc(N(C)C)c1. The van der Waals surface area contributed by atoms with Crippen LogP contribution in [0, 0.1) is 0 Å². The first-order chi connectivity index (χ1) is 13.2. The number of carbonyl (C=O) groups is 2. The topological polar surface area (TPSA) is 58.6 Å². The Morgan fingerprint density at radius 3 is 2.07 bits per heavy atom. The average Bonchev–Trinajstić information content (AvgIpc) is 2.65. The smallest absolute Gasteiger partial charge is 0.338 e. The van der Waals surface area contributed by atoms with Gasteiger partial charge in [0.2, 0.25) is 0 Å². The summed E-state index contributed by atoms with van der Waals surface area (Å²) in [6, 6.07) is 13.2. The van der Waals surface area contributed by atoms with Crippen LogP contribution in [0.4, 0.5) is 11.4 Å². The lowest BCUT2D eigenvalue weighted by atomic mass is 9.92. The Hall–Kier alpha value is -2.82. The molecule has 0 aliphatic heterocycles. The minimum Gasteiger partial charge on any atom is -0.452 e. The molecule has 0 heterocycles. The van der Waals surface area contributed by atoms with Crippen molar-refractivity contribution >= 4 is 23.3 Å². The number of nitrogens with zero attached hydrogens (tertiary/aromatic N) is 1. The first-order valence-electron chi connectivity index (χ1n) is 9.57. The normalized spacial score (nSPS) is 10.9. The number of amides is 1. The number of hydrogen-bond acceptors (Lipinski definition) is 4. The van der Waals surface area contributed by atoms with Crippen molar-refractivity contribution in [3.8, 4) is 0 Å². The van der Waals surface area contributed by atoms with E-state index in [9.17, 15) is 9.59 Å². The fraction of sp³-hybridized carbons (Fsp3) is 0.391. The monoisotopic (exact) mass is 382 g/mol. The summed E-state index contributed by atoms with van der Waals surface area (Å²) in [5.74, 6) is -0.317. The van der Waals surface area contributed by atoms with Crippen LogP contribution in [0.5, 0.6) is 0 Å². The van der Waals surface area contributed by atoms with Crippen molar-refractivity contribution in [1.29, 1.82) is 0 Å². The van der Waals surface area contributed by atoms with Crippen LogP contribution in [0.25, 0.3) is 0 Å². The molecule has 0 saturated heterocycles. The lowest BCUT2D eigenvalue weighted by Crippen LogP contribution is -2.23. The number of anilines is 2. The molecular weight excluding hydrogens is 352 g/mol. The molecule has 0 spiro atoms. The maximum Gasteiger partial charge on any atom is 0.338 e. The summed E-state index contributed by atoms with van der Waals surface area (Å²) in [7, 11) is 3.80. The molecule has 5 heteroatoms. The molecule has 2 rings (SSSR count). The fourth-order valence-corrected chi connectivity index (χ4v) is 3.00. The number of rotatable bonds is 7. The van der Waals surface area contributed by atoms with Crippen molar-refractivity contribution < 1.29 is 14.3 Å². The Morgan fingerprint density at radius 2 is 1.54 bits per heavy atom. The molecule has 0 saturated carbocycles. The molecule has 0 aromatic heterocycles. The van der Waals surface area contributed by atoms with Crippen LogP contribution in [0.3, 0.4) is 0 Å². The third-order valence-corrected chi connectivity index (χ3v) is 4.57. The van der Waals surface area contributed by atoms with Crippen LogP contribution in [0.1, 0.15) is 61.0 Å². The molecule has 0 aliphatic carbocycles. The van der Waals surface area contributed by atoms with Crippen LogP contribution in [-0.2, 0) is 9.53 Å². The summed E-state index contributed by atoms with van der Waals surface area (Å²) in [5, 5.41) is 2.95. The average molecular weight is 383 g/mol. The number of benzene rings is 2. The van der Waals surface area contributed by atoms with Crippen molar-refractivity contribution in [2.75, 3.05) is 30.9 Å². The van der Waals surface area contributed by atoms with Crippen LogP contribution >= 0.6 is 0 Å². The molecule has 1 amide bonds. The van der Waals surface area contributed by atoms with E-state index in [4.69, 9.17) is 4.74 Å². The predicted octanol–water partition coefficient (Wildman–Crippen LogP) is 4.79. The van der Waals surface area contributed by atoms with E-state index in [0.717, 1.165) is 22.5 Å². The molecule has 2 aromatic rings. The first-order valence-corrected chi connectivity index (χ1v) is 9.57. The number of nitrogens with one attached hydrogen (secondary N) is 1. The minimum absolute atomic E-state index is 0.269. The Bertz CT molecular complexity index is 815. The number of carbonyl (C=O) groups excluding carboxylic acids is 2. The van der Waals surface area contributed by atoms with Gasteiger partial charge in [-0.1, -0.05) is 52.0 Å². The fourth-order valence-electron chi connectivity index (χ4n) is 3.00. The number of ether oxygens (including phenoxy) is 1. The van der Waals surface area contributed by atoms with Gasteiger partial charge in [-0.15, -0.1) is 0 Å². The third-order valence-electron chi connectivity index (χ3n) is 4.57. The van der Waals surface area contributed by atoms with Crippen LogP contribution in [0.15, 0.2) is 42.5 Å². The molecule has 1 N–H and O–H groups in total. The van der Waals surface area contributed by atoms with Crippen molar-refractivity contribution in [3.05, 3.63) is 59.2 Å². The summed E-state index contributed by atoms with van der Waals surface area (Å²) in [5.41, 5.74) is 4.29. The maximum absolute atomic E-state index is 12.5. The van der Waals surface area contributed by atoms with E-state index in [1.165, 1.54) is 0 Å². The lowest BCUT2D eigenvalue weighted by Gasteiger charge is -2.20. The van der Waals surface area contributed by atoms with Gasteiger partial charge in [0.05, 0.1) is 5.56 Å². The van der Waals surface area contributed by atoms with Crippen molar-refractivity contribution in [3.63, 3.8) is 0 Å². The standard InChI is InChI=1S/C23H30N2O3/c1-15(2)19-11-8-12-20(16(3)4)22(19)24-21(26)14-28-23(27)17-9-7-10-18(13-17)25(5)6/h7-13,15-16H,14H2,1-6H3,(H,24,26). The van der Waals surface area contributed by atoms with Gasteiger partial charge in [0.15, 0.2) is 6.61 Å². The molecule has 0 radical (unpaired) electrons. The van der Waals surface area contributed by atoms with Crippen LogP contribution in [-0.4, -0.2) is 32.6 Å². The van der Waals surface area contributed by atoms with E-state index in [0.29, 0.717) is 5.56 Å². The van der Waals surface area contributed by atoms with Crippen molar-refractivity contribution in [2.24, 2.45) is 0 Å². The predicted molar refractivity (Wildman–Crippen MR) is 114 cm³/mol. The molecule has 2 aromatic carbocycles. The van der Waals surface area contributed by atoms with Crippen molar-refractivity contribution in [2.45, 2.75) is 39.5 Å². The molecule has 0 aliphatic rings. The highest BCUT2D eigenvalue weighted by molar-refractivity contribution is 5.97. The van der Waals surface area contributed by atoms with E-state index in [1.807, 2.05) is 43.3 Å². The summed E-state index contributed by atoms with van der Waals surface area (Å²) >= 11 is 0. The molecule has 0 bridgehead atoms. The summed E-state index contributed by atoms with van der Waals surface area (Å²) in [6.45, 7) is 8.04. The van der Waals surface area contributed by atoms with Gasteiger partial charge in [0, 0.05) is 25.5 Å². The van der Waals surface area contributed by atoms with Crippen LogP contribution in [0.2, 0.25) is 0 Å². The summed E-state index contributed by atoms with van der Waals surface area (Å²) in [4.78, 5) is 26.7. The van der Waals surface area contributed by atoms with Gasteiger partial charge in [-0.2, -0.15) is 0 Å². The maximum atomic E-state index is 12.5. The van der Waals surface area contributed by atoms with Gasteiger partial charge in [0.25, 0.3) is 5.91 Å². The van der Waals surface area contributed by atoms with Gasteiger partial charge in [-0.3, -0.25) is 4.79 Å². The molecule has 150 valence electrons. The number of esters is 1. The highest BCUT2D eigenvalue weighted by Crippen LogP contribution is 2.32. The Morgan fingerprint density at radius 1 is 0.964 bits per heavy atom. The van der Waals surface area contributed by atoms with Gasteiger partial charge >= 0.3 is 5.97 Å². The molecule has 0 unspecified atom stereocenters. The molecule has 0 fully saturated rings. The minimum atomic E-state index is -0.514.